The predicted molar refractivity (Wildman–Crippen MR) is 84.4 cm³/mol. The Balaban J connectivity index is 2.11. The van der Waals surface area contributed by atoms with Crippen molar-refractivity contribution >= 4 is 5.69 Å². The highest BCUT2D eigenvalue weighted by molar-refractivity contribution is 5.57. The Labute approximate surface area is 129 Å². The van der Waals surface area contributed by atoms with Gasteiger partial charge in [-0.15, -0.1) is 0 Å². The quantitative estimate of drug-likeness (QED) is 0.843. The third-order valence-electron chi connectivity index (χ3n) is 3.17. The van der Waals surface area contributed by atoms with Crippen molar-refractivity contribution in [3.05, 3.63) is 47.8 Å². The molecule has 0 aliphatic carbocycles. The molecule has 0 fully saturated rings. The smallest absolute Gasteiger partial charge is 0.161 e. The molecule has 118 valence electrons. The van der Waals surface area contributed by atoms with Crippen molar-refractivity contribution in [3.8, 4) is 17.2 Å². The fourth-order valence-electron chi connectivity index (χ4n) is 2.11. The zero-order chi connectivity index (χ0) is 15.9. The molecule has 0 amide bonds. The minimum Gasteiger partial charge on any atom is -0.494 e. The van der Waals surface area contributed by atoms with Crippen molar-refractivity contribution in [1.29, 1.82) is 0 Å². The molecule has 22 heavy (non-hydrogen) atoms. The number of ether oxygens (including phenoxy) is 3. The first-order chi connectivity index (χ1) is 10.7. The van der Waals surface area contributed by atoms with Crippen molar-refractivity contribution in [2.45, 2.75) is 13.5 Å². The monoisotopic (exact) mass is 305 g/mol. The van der Waals surface area contributed by atoms with E-state index in [9.17, 15) is 4.39 Å². The Hall–Kier alpha value is -2.43. The van der Waals surface area contributed by atoms with E-state index in [1.54, 1.807) is 13.2 Å². The van der Waals surface area contributed by atoms with Crippen molar-refractivity contribution in [1.82, 2.24) is 0 Å². The van der Waals surface area contributed by atoms with Gasteiger partial charge in [0.05, 0.1) is 26.5 Å². The van der Waals surface area contributed by atoms with Crippen LogP contribution in [0, 0.1) is 5.82 Å². The van der Waals surface area contributed by atoms with Crippen LogP contribution < -0.4 is 19.5 Å². The first-order valence-electron chi connectivity index (χ1n) is 7.05. The largest absolute Gasteiger partial charge is 0.494 e. The second-order valence-corrected chi connectivity index (χ2v) is 4.62. The maximum absolute atomic E-state index is 13.2. The number of hydrogen-bond acceptors (Lipinski definition) is 4. The van der Waals surface area contributed by atoms with Gasteiger partial charge in [-0.1, -0.05) is 6.07 Å². The normalized spacial score (nSPS) is 10.2. The van der Waals surface area contributed by atoms with Gasteiger partial charge in [0.15, 0.2) is 11.5 Å². The Kier molecular flexibility index (Phi) is 5.47. The Bertz CT molecular complexity index is 631. The third-order valence-corrected chi connectivity index (χ3v) is 3.17. The van der Waals surface area contributed by atoms with Crippen LogP contribution >= 0.6 is 0 Å². The van der Waals surface area contributed by atoms with E-state index in [1.807, 2.05) is 25.1 Å². The number of anilines is 1. The molecular weight excluding hydrogens is 285 g/mol. The lowest BCUT2D eigenvalue weighted by molar-refractivity contribution is 0.310. The molecule has 2 rings (SSSR count). The first kappa shape index (κ1) is 15.9. The molecule has 0 aliphatic rings. The molecule has 5 heteroatoms. The van der Waals surface area contributed by atoms with Gasteiger partial charge < -0.3 is 19.5 Å². The van der Waals surface area contributed by atoms with E-state index in [0.717, 1.165) is 11.3 Å². The molecule has 0 saturated heterocycles. The van der Waals surface area contributed by atoms with Gasteiger partial charge in [-0.05, 0) is 36.8 Å². The van der Waals surface area contributed by atoms with Gasteiger partial charge in [0, 0.05) is 12.6 Å². The van der Waals surface area contributed by atoms with Gasteiger partial charge in [0.1, 0.15) is 11.6 Å². The number of methoxy groups -OCH3 is 2. The summed E-state index contributed by atoms with van der Waals surface area (Å²) in [6, 6.07) is 10.1. The second-order valence-electron chi connectivity index (χ2n) is 4.62. The molecule has 4 nitrogen and oxygen atoms in total. The van der Waals surface area contributed by atoms with E-state index in [-0.39, 0.29) is 5.82 Å². The van der Waals surface area contributed by atoms with Gasteiger partial charge in [0.2, 0.25) is 0 Å². The molecule has 2 aromatic rings. The molecule has 0 radical (unpaired) electrons. The standard InChI is InChI=1S/C17H20FNO3/c1-4-22-15-8-5-12(9-17(15)21-3)11-19-14-7-6-13(18)10-16(14)20-2/h5-10,19H,4,11H2,1-3H3. The molecule has 0 saturated carbocycles. The van der Waals surface area contributed by atoms with E-state index in [1.165, 1.54) is 19.2 Å². The molecule has 0 atom stereocenters. The summed E-state index contributed by atoms with van der Waals surface area (Å²) in [6.45, 7) is 3.07. The minimum atomic E-state index is -0.329. The summed E-state index contributed by atoms with van der Waals surface area (Å²) >= 11 is 0. The molecule has 2 aromatic carbocycles. The first-order valence-corrected chi connectivity index (χ1v) is 7.05. The van der Waals surface area contributed by atoms with Crippen LogP contribution in [0.25, 0.3) is 0 Å². The van der Waals surface area contributed by atoms with E-state index in [2.05, 4.69) is 5.32 Å². The van der Waals surface area contributed by atoms with Crippen LogP contribution in [0.3, 0.4) is 0 Å². The second kappa shape index (κ2) is 7.54. The van der Waals surface area contributed by atoms with E-state index in [0.29, 0.717) is 30.4 Å². The topological polar surface area (TPSA) is 39.7 Å². The molecular formula is C17H20FNO3. The summed E-state index contributed by atoms with van der Waals surface area (Å²) < 4.78 is 29.2. The lowest BCUT2D eigenvalue weighted by Gasteiger charge is -2.13. The van der Waals surface area contributed by atoms with Gasteiger partial charge in [-0.2, -0.15) is 0 Å². The summed E-state index contributed by atoms with van der Waals surface area (Å²) in [5.41, 5.74) is 1.75. The molecule has 0 aliphatic heterocycles. The molecule has 0 aromatic heterocycles. The highest BCUT2D eigenvalue weighted by atomic mass is 19.1. The number of hydrogen-bond donors (Lipinski definition) is 1. The Morgan fingerprint density at radius 3 is 2.41 bits per heavy atom. The van der Waals surface area contributed by atoms with E-state index >= 15 is 0 Å². The minimum absolute atomic E-state index is 0.329. The molecule has 0 unspecified atom stereocenters. The number of rotatable bonds is 7. The summed E-state index contributed by atoms with van der Waals surface area (Å²) in [6.07, 6.45) is 0. The molecule has 0 bridgehead atoms. The number of benzene rings is 2. The maximum Gasteiger partial charge on any atom is 0.161 e. The summed E-state index contributed by atoms with van der Waals surface area (Å²) in [5, 5.41) is 3.22. The molecule has 1 N–H and O–H groups in total. The highest BCUT2D eigenvalue weighted by Crippen LogP contribution is 2.29. The highest BCUT2D eigenvalue weighted by Gasteiger charge is 2.07. The van der Waals surface area contributed by atoms with Crippen molar-refractivity contribution < 1.29 is 18.6 Å². The summed E-state index contributed by atoms with van der Waals surface area (Å²) in [7, 11) is 3.12. The lowest BCUT2D eigenvalue weighted by atomic mass is 10.2. The number of halogens is 1. The molecule has 0 heterocycles. The Morgan fingerprint density at radius 2 is 1.73 bits per heavy atom. The van der Waals surface area contributed by atoms with Gasteiger partial charge in [0.25, 0.3) is 0 Å². The Morgan fingerprint density at radius 1 is 0.955 bits per heavy atom. The van der Waals surface area contributed by atoms with Crippen molar-refractivity contribution in [2.75, 3.05) is 26.1 Å². The third kappa shape index (κ3) is 3.81. The van der Waals surface area contributed by atoms with Crippen LogP contribution in [-0.4, -0.2) is 20.8 Å². The van der Waals surface area contributed by atoms with Crippen LogP contribution in [0.2, 0.25) is 0 Å². The van der Waals surface area contributed by atoms with Crippen molar-refractivity contribution in [3.63, 3.8) is 0 Å². The summed E-state index contributed by atoms with van der Waals surface area (Å²) in [4.78, 5) is 0. The lowest BCUT2D eigenvalue weighted by Crippen LogP contribution is -2.03. The average Bonchev–Trinajstić information content (AvgIpc) is 2.54. The number of nitrogens with one attached hydrogen (secondary N) is 1. The van der Waals surface area contributed by atoms with Crippen LogP contribution in [0.1, 0.15) is 12.5 Å². The molecule has 0 spiro atoms. The van der Waals surface area contributed by atoms with Crippen LogP contribution in [-0.2, 0) is 6.54 Å². The van der Waals surface area contributed by atoms with Crippen LogP contribution in [0.5, 0.6) is 17.2 Å². The van der Waals surface area contributed by atoms with E-state index in [4.69, 9.17) is 14.2 Å². The SMILES string of the molecule is CCOc1ccc(CNc2ccc(F)cc2OC)cc1OC. The van der Waals surface area contributed by atoms with E-state index < -0.39 is 0 Å². The fraction of sp³-hybridized carbons (Fsp3) is 0.294. The van der Waals surface area contributed by atoms with Gasteiger partial charge in [-0.25, -0.2) is 4.39 Å². The van der Waals surface area contributed by atoms with Gasteiger partial charge >= 0.3 is 0 Å². The fourth-order valence-corrected chi connectivity index (χ4v) is 2.11. The van der Waals surface area contributed by atoms with Crippen molar-refractivity contribution in [2.24, 2.45) is 0 Å². The summed E-state index contributed by atoms with van der Waals surface area (Å²) in [5.74, 6) is 1.54. The zero-order valence-corrected chi connectivity index (χ0v) is 13.0. The van der Waals surface area contributed by atoms with Crippen LogP contribution in [0.15, 0.2) is 36.4 Å². The zero-order valence-electron chi connectivity index (χ0n) is 13.0. The predicted octanol–water partition coefficient (Wildman–Crippen LogP) is 3.85. The van der Waals surface area contributed by atoms with Gasteiger partial charge in [-0.3, -0.25) is 0 Å². The van der Waals surface area contributed by atoms with Crippen LogP contribution in [0.4, 0.5) is 10.1 Å². The maximum atomic E-state index is 13.2. The average molecular weight is 305 g/mol.